The van der Waals surface area contributed by atoms with Crippen LogP contribution in [0.5, 0.6) is 0 Å². The van der Waals surface area contributed by atoms with Crippen molar-refractivity contribution < 1.29 is 0 Å². The van der Waals surface area contributed by atoms with Crippen molar-refractivity contribution in [3.63, 3.8) is 0 Å². The zero-order valence-electron chi connectivity index (χ0n) is 11.1. The van der Waals surface area contributed by atoms with E-state index in [0.717, 1.165) is 28.8 Å². The molecular weight excluding hydrogens is 304 g/mol. The third kappa shape index (κ3) is 2.87. The molecule has 0 saturated carbocycles. The number of nitrogen functional groups attached to an aromatic ring is 1. The molecule has 2 rings (SSSR count). The molecule has 0 fully saturated rings. The number of benzene rings is 1. The van der Waals surface area contributed by atoms with E-state index in [1.165, 1.54) is 0 Å². The van der Waals surface area contributed by atoms with Gasteiger partial charge in [-0.15, -0.1) is 0 Å². The van der Waals surface area contributed by atoms with Crippen molar-refractivity contribution in [2.24, 2.45) is 0 Å². The maximum absolute atomic E-state index is 5.98. The number of halogens is 1. The van der Waals surface area contributed by atoms with Gasteiger partial charge >= 0.3 is 0 Å². The normalized spacial score (nSPS) is 10.5. The zero-order chi connectivity index (χ0) is 13.8. The Morgan fingerprint density at radius 2 is 1.74 bits per heavy atom. The van der Waals surface area contributed by atoms with E-state index in [2.05, 4.69) is 44.6 Å². The Bertz CT molecular complexity index is 553. The molecule has 1 aromatic heterocycles. The fraction of sp³-hybridized carbons (Fsp3) is 0.286. The molecule has 4 nitrogen and oxygen atoms in total. The van der Waals surface area contributed by atoms with E-state index < -0.39 is 0 Å². The summed E-state index contributed by atoms with van der Waals surface area (Å²) in [7, 11) is 0. The number of rotatable bonds is 4. The number of anilines is 2. The second kappa shape index (κ2) is 6.02. The van der Waals surface area contributed by atoms with Crippen LogP contribution in [-0.4, -0.2) is 23.1 Å². The molecule has 0 saturated heterocycles. The van der Waals surface area contributed by atoms with Gasteiger partial charge < -0.3 is 10.6 Å². The van der Waals surface area contributed by atoms with Crippen molar-refractivity contribution in [3.8, 4) is 11.3 Å². The van der Waals surface area contributed by atoms with Crippen LogP contribution in [0.1, 0.15) is 13.8 Å². The highest BCUT2D eigenvalue weighted by Gasteiger charge is 2.14. The van der Waals surface area contributed by atoms with Gasteiger partial charge in [-0.05, 0) is 29.8 Å². The molecule has 2 N–H and O–H groups in total. The Kier molecular flexibility index (Phi) is 4.37. The molecule has 0 bridgehead atoms. The number of nitrogens with two attached hydrogens (primary N) is 1. The molecule has 1 heterocycles. The summed E-state index contributed by atoms with van der Waals surface area (Å²) < 4.78 is 0.745. The van der Waals surface area contributed by atoms with Gasteiger partial charge in [0.25, 0.3) is 0 Å². The van der Waals surface area contributed by atoms with Crippen molar-refractivity contribution in [2.75, 3.05) is 23.7 Å². The van der Waals surface area contributed by atoms with Gasteiger partial charge in [-0.3, -0.25) is 0 Å². The van der Waals surface area contributed by atoms with Gasteiger partial charge in [-0.1, -0.05) is 30.3 Å². The standard InChI is InChI=1S/C14H17BrN4/c1-3-19(4-2)14-17-12(11(15)13(16)18-14)10-8-6-5-7-9-10/h5-9H,3-4H2,1-2H3,(H2,16,17,18). The van der Waals surface area contributed by atoms with Gasteiger partial charge in [-0.2, -0.15) is 4.98 Å². The Balaban J connectivity index is 2.55. The molecule has 1 aromatic carbocycles. The predicted molar refractivity (Wildman–Crippen MR) is 83.1 cm³/mol. The van der Waals surface area contributed by atoms with E-state index >= 15 is 0 Å². The largest absolute Gasteiger partial charge is 0.383 e. The minimum absolute atomic E-state index is 0.468. The van der Waals surface area contributed by atoms with Crippen LogP contribution < -0.4 is 10.6 Å². The number of nitrogens with zero attached hydrogens (tertiary/aromatic N) is 3. The van der Waals surface area contributed by atoms with Crippen LogP contribution in [0.15, 0.2) is 34.8 Å². The van der Waals surface area contributed by atoms with Gasteiger partial charge in [-0.25, -0.2) is 4.98 Å². The lowest BCUT2D eigenvalue weighted by Crippen LogP contribution is -2.24. The van der Waals surface area contributed by atoms with Crippen LogP contribution in [-0.2, 0) is 0 Å². The number of hydrogen-bond acceptors (Lipinski definition) is 4. The first-order chi connectivity index (χ1) is 9.17. The van der Waals surface area contributed by atoms with Crippen LogP contribution in [0.25, 0.3) is 11.3 Å². The molecule has 19 heavy (non-hydrogen) atoms. The van der Waals surface area contributed by atoms with Gasteiger partial charge in [0.05, 0.1) is 10.2 Å². The molecule has 0 atom stereocenters. The summed E-state index contributed by atoms with van der Waals surface area (Å²) in [5, 5.41) is 0. The van der Waals surface area contributed by atoms with Crippen molar-refractivity contribution in [1.82, 2.24) is 9.97 Å². The monoisotopic (exact) mass is 320 g/mol. The predicted octanol–water partition coefficient (Wildman–Crippen LogP) is 3.33. The first kappa shape index (κ1) is 13.8. The minimum atomic E-state index is 0.468. The summed E-state index contributed by atoms with van der Waals surface area (Å²) in [6, 6.07) is 9.97. The van der Waals surface area contributed by atoms with Crippen LogP contribution in [0.3, 0.4) is 0 Å². The SMILES string of the molecule is CCN(CC)c1nc(N)c(Br)c(-c2ccccc2)n1. The molecule has 0 amide bonds. The van der Waals surface area contributed by atoms with E-state index in [-0.39, 0.29) is 0 Å². The highest BCUT2D eigenvalue weighted by atomic mass is 79.9. The summed E-state index contributed by atoms with van der Waals surface area (Å²) in [6.07, 6.45) is 0. The quantitative estimate of drug-likeness (QED) is 0.938. The summed E-state index contributed by atoms with van der Waals surface area (Å²) in [5.74, 6) is 1.14. The fourth-order valence-electron chi connectivity index (χ4n) is 1.89. The van der Waals surface area contributed by atoms with E-state index in [1.54, 1.807) is 0 Å². The first-order valence-corrected chi connectivity index (χ1v) is 7.10. The molecule has 0 spiro atoms. The van der Waals surface area contributed by atoms with Gasteiger partial charge in [0, 0.05) is 18.7 Å². The van der Waals surface area contributed by atoms with E-state index in [9.17, 15) is 0 Å². The third-order valence-electron chi connectivity index (χ3n) is 2.96. The lowest BCUT2D eigenvalue weighted by molar-refractivity contribution is 0.823. The van der Waals surface area contributed by atoms with E-state index in [4.69, 9.17) is 5.73 Å². The molecule has 0 radical (unpaired) electrons. The Morgan fingerprint density at radius 3 is 2.32 bits per heavy atom. The van der Waals surface area contributed by atoms with Crippen LogP contribution >= 0.6 is 15.9 Å². The average Bonchev–Trinajstić information content (AvgIpc) is 2.44. The third-order valence-corrected chi connectivity index (χ3v) is 3.74. The molecular formula is C14H17BrN4. The second-order valence-corrected chi connectivity index (χ2v) is 4.90. The highest BCUT2D eigenvalue weighted by Crippen LogP contribution is 2.31. The average molecular weight is 321 g/mol. The van der Waals surface area contributed by atoms with Crippen molar-refractivity contribution in [3.05, 3.63) is 34.8 Å². The maximum Gasteiger partial charge on any atom is 0.227 e. The van der Waals surface area contributed by atoms with Crippen LogP contribution in [0.4, 0.5) is 11.8 Å². The molecule has 0 aliphatic carbocycles. The summed E-state index contributed by atoms with van der Waals surface area (Å²) in [4.78, 5) is 11.1. The highest BCUT2D eigenvalue weighted by molar-refractivity contribution is 9.10. The zero-order valence-corrected chi connectivity index (χ0v) is 12.7. The fourth-order valence-corrected chi connectivity index (χ4v) is 2.29. The number of aromatic nitrogens is 2. The molecule has 2 aromatic rings. The second-order valence-electron chi connectivity index (χ2n) is 4.11. The lowest BCUT2D eigenvalue weighted by Gasteiger charge is -2.20. The summed E-state index contributed by atoms with van der Waals surface area (Å²) in [6.45, 7) is 5.86. The lowest BCUT2D eigenvalue weighted by atomic mass is 10.1. The number of hydrogen-bond donors (Lipinski definition) is 1. The van der Waals surface area contributed by atoms with Crippen LogP contribution in [0, 0.1) is 0 Å². The van der Waals surface area contributed by atoms with E-state index in [1.807, 2.05) is 30.3 Å². The van der Waals surface area contributed by atoms with Crippen molar-refractivity contribution >= 4 is 27.7 Å². The molecule has 0 unspecified atom stereocenters. The Morgan fingerprint density at radius 1 is 1.11 bits per heavy atom. The van der Waals surface area contributed by atoms with Crippen LogP contribution in [0.2, 0.25) is 0 Å². The van der Waals surface area contributed by atoms with Gasteiger partial charge in [0.2, 0.25) is 5.95 Å². The molecule has 0 aliphatic rings. The smallest absolute Gasteiger partial charge is 0.227 e. The summed E-state index contributed by atoms with van der Waals surface area (Å²) >= 11 is 3.48. The molecule has 0 aliphatic heterocycles. The van der Waals surface area contributed by atoms with Gasteiger partial charge in [0.1, 0.15) is 5.82 Å². The molecule has 5 heteroatoms. The molecule has 100 valence electrons. The Labute approximate surface area is 121 Å². The first-order valence-electron chi connectivity index (χ1n) is 6.30. The maximum atomic E-state index is 5.98. The minimum Gasteiger partial charge on any atom is -0.383 e. The topological polar surface area (TPSA) is 55.0 Å². The van der Waals surface area contributed by atoms with E-state index in [0.29, 0.717) is 11.8 Å². The van der Waals surface area contributed by atoms with Crippen molar-refractivity contribution in [2.45, 2.75) is 13.8 Å². The van der Waals surface area contributed by atoms with Gasteiger partial charge in [0.15, 0.2) is 0 Å². The Hall–Kier alpha value is -1.62. The van der Waals surface area contributed by atoms with Crippen molar-refractivity contribution in [1.29, 1.82) is 0 Å². The summed E-state index contributed by atoms with van der Waals surface area (Å²) in [5.41, 5.74) is 7.83.